The number of fused-ring (bicyclic) bond motifs is 1. The summed E-state index contributed by atoms with van der Waals surface area (Å²) in [5, 5.41) is -1.25. The number of aromatic nitrogens is 1. The van der Waals surface area contributed by atoms with Gasteiger partial charge in [-0.25, -0.2) is 8.78 Å². The van der Waals surface area contributed by atoms with E-state index in [0.29, 0.717) is 12.1 Å². The minimum absolute atomic E-state index is 0.333. The second-order valence-electron chi connectivity index (χ2n) is 5.75. The lowest BCUT2D eigenvalue weighted by Gasteiger charge is -2.13. The van der Waals surface area contributed by atoms with E-state index in [-0.39, 0.29) is 5.76 Å². The Labute approximate surface area is 156 Å². The second kappa shape index (κ2) is 7.06. The number of ketones is 1. The number of H-pyrrole nitrogens is 1. The maximum absolute atomic E-state index is 14.0. The molecule has 0 aliphatic carbocycles. The molecule has 0 bridgehead atoms. The molecule has 0 spiro atoms. The van der Waals surface area contributed by atoms with Crippen LogP contribution in [0.4, 0.5) is 22.0 Å². The van der Waals surface area contributed by atoms with E-state index in [1.165, 1.54) is 0 Å². The first kappa shape index (κ1) is 20.1. The number of Topliss-reactive ketones (excluding diaryl/α,β-unsaturated/α-hetero) is 1. The molecule has 0 aliphatic heterocycles. The smallest absolute Gasteiger partial charge is 0.449 e. The standard InChI is InChI=1S/C17H10F5NO4S/c1-7(24)12-15(25)13-9(18)3-4-10(19)14(13)23-16(12)28(26)6-8-2-5-11(27-8)17(20,21)22/h2-5H,6H2,1H3,(H,23,25). The molecule has 28 heavy (non-hydrogen) atoms. The Hall–Kier alpha value is -2.66. The number of pyridine rings is 1. The molecule has 148 valence electrons. The second-order valence-corrected chi connectivity index (χ2v) is 7.14. The Morgan fingerprint density at radius 1 is 1.18 bits per heavy atom. The van der Waals surface area contributed by atoms with Crippen LogP contribution in [0.15, 0.2) is 38.5 Å². The van der Waals surface area contributed by atoms with Crippen LogP contribution in [0.5, 0.6) is 0 Å². The quantitative estimate of drug-likeness (QED) is 0.395. The normalized spacial score (nSPS) is 13.1. The summed E-state index contributed by atoms with van der Waals surface area (Å²) in [4.78, 5) is 26.7. The van der Waals surface area contributed by atoms with Gasteiger partial charge in [-0.3, -0.25) is 9.59 Å². The van der Waals surface area contributed by atoms with Crippen LogP contribution in [0, 0.1) is 11.6 Å². The predicted molar refractivity (Wildman–Crippen MR) is 88.3 cm³/mol. The summed E-state index contributed by atoms with van der Waals surface area (Å²) in [5.74, 6) is -5.26. The lowest BCUT2D eigenvalue weighted by Crippen LogP contribution is -2.23. The van der Waals surface area contributed by atoms with Gasteiger partial charge in [-0.2, -0.15) is 13.2 Å². The van der Waals surface area contributed by atoms with E-state index in [9.17, 15) is 36.1 Å². The van der Waals surface area contributed by atoms with Crippen molar-refractivity contribution in [2.24, 2.45) is 0 Å². The van der Waals surface area contributed by atoms with E-state index in [1.54, 1.807) is 0 Å². The molecule has 3 rings (SSSR count). The number of halogens is 5. The minimum Gasteiger partial charge on any atom is -0.610 e. The average molecular weight is 419 g/mol. The van der Waals surface area contributed by atoms with Crippen LogP contribution in [0.25, 0.3) is 10.9 Å². The monoisotopic (exact) mass is 419 g/mol. The number of carbonyl (C=O) groups is 1. The van der Waals surface area contributed by atoms with Crippen molar-refractivity contribution in [3.8, 4) is 0 Å². The number of aromatic amines is 1. The molecule has 5 nitrogen and oxygen atoms in total. The van der Waals surface area contributed by atoms with Gasteiger partial charge in [0.1, 0.15) is 17.2 Å². The number of rotatable bonds is 4. The zero-order valence-corrected chi connectivity index (χ0v) is 14.8. The number of nitrogens with one attached hydrogen (secondary N) is 1. The van der Waals surface area contributed by atoms with Crippen molar-refractivity contribution >= 4 is 27.9 Å². The van der Waals surface area contributed by atoms with Crippen LogP contribution in [-0.4, -0.2) is 15.3 Å². The van der Waals surface area contributed by atoms with E-state index in [4.69, 9.17) is 0 Å². The summed E-state index contributed by atoms with van der Waals surface area (Å²) in [6, 6.07) is 3.01. The van der Waals surface area contributed by atoms with E-state index in [2.05, 4.69) is 9.40 Å². The topological polar surface area (TPSA) is 86.1 Å². The lowest BCUT2D eigenvalue weighted by atomic mass is 10.1. The molecule has 0 saturated heterocycles. The Morgan fingerprint density at radius 3 is 2.39 bits per heavy atom. The molecule has 0 aliphatic rings. The Balaban J connectivity index is 2.12. The fourth-order valence-electron chi connectivity index (χ4n) is 2.60. The first-order valence-electron chi connectivity index (χ1n) is 7.60. The van der Waals surface area contributed by atoms with Crippen molar-refractivity contribution in [1.29, 1.82) is 0 Å². The van der Waals surface area contributed by atoms with E-state index < -0.39 is 73.2 Å². The van der Waals surface area contributed by atoms with Crippen molar-refractivity contribution in [2.75, 3.05) is 0 Å². The molecule has 2 aromatic heterocycles. The van der Waals surface area contributed by atoms with Crippen molar-refractivity contribution < 1.29 is 35.7 Å². The third kappa shape index (κ3) is 3.54. The molecule has 11 heteroatoms. The van der Waals surface area contributed by atoms with Crippen LogP contribution < -0.4 is 5.43 Å². The number of benzene rings is 1. The van der Waals surface area contributed by atoms with Crippen molar-refractivity contribution in [1.82, 2.24) is 4.98 Å². The highest BCUT2D eigenvalue weighted by atomic mass is 32.2. The molecule has 0 fully saturated rings. The van der Waals surface area contributed by atoms with Crippen LogP contribution in [0.3, 0.4) is 0 Å². The third-order valence-corrected chi connectivity index (χ3v) is 5.13. The van der Waals surface area contributed by atoms with Gasteiger partial charge in [0.2, 0.25) is 16.2 Å². The number of hydrogen-bond acceptors (Lipinski definition) is 4. The molecule has 1 aromatic carbocycles. The first-order valence-corrected chi connectivity index (χ1v) is 8.91. The van der Waals surface area contributed by atoms with Gasteiger partial charge in [0.15, 0.2) is 17.3 Å². The molecular weight excluding hydrogens is 409 g/mol. The molecule has 2 heterocycles. The Morgan fingerprint density at radius 2 is 1.82 bits per heavy atom. The Kier molecular flexibility index (Phi) is 5.06. The molecule has 3 aromatic rings. The molecule has 0 amide bonds. The molecule has 0 saturated carbocycles. The summed E-state index contributed by atoms with van der Waals surface area (Å²) in [6.45, 7) is 0.961. The van der Waals surface area contributed by atoms with Gasteiger partial charge < -0.3 is 14.0 Å². The van der Waals surface area contributed by atoms with Gasteiger partial charge in [-0.1, -0.05) is 0 Å². The van der Waals surface area contributed by atoms with Gasteiger partial charge in [0.05, 0.1) is 10.9 Å². The lowest BCUT2D eigenvalue weighted by molar-refractivity contribution is -0.153. The summed E-state index contributed by atoms with van der Waals surface area (Å²) < 4.78 is 83.0. The zero-order valence-electron chi connectivity index (χ0n) is 13.9. The molecular formula is C17H10F5NO4S. The van der Waals surface area contributed by atoms with Crippen LogP contribution in [-0.2, 0) is 23.1 Å². The average Bonchev–Trinajstić information content (AvgIpc) is 3.06. The van der Waals surface area contributed by atoms with Gasteiger partial charge in [-0.05, 0) is 31.2 Å². The highest BCUT2D eigenvalue weighted by Crippen LogP contribution is 2.32. The molecule has 1 unspecified atom stereocenters. The summed E-state index contributed by atoms with van der Waals surface area (Å²) in [6.07, 6.45) is -4.75. The van der Waals surface area contributed by atoms with Gasteiger partial charge in [0, 0.05) is 11.2 Å². The van der Waals surface area contributed by atoms with Crippen molar-refractivity contribution in [3.05, 3.63) is 63.2 Å². The molecule has 1 atom stereocenters. The maximum Gasteiger partial charge on any atom is 0.449 e. The zero-order chi connectivity index (χ0) is 20.8. The Bertz CT molecular complexity index is 1140. The van der Waals surface area contributed by atoms with Gasteiger partial charge in [0.25, 0.3) is 0 Å². The first-order chi connectivity index (χ1) is 13.0. The third-order valence-electron chi connectivity index (χ3n) is 3.82. The summed E-state index contributed by atoms with van der Waals surface area (Å²) in [5.41, 5.74) is -2.44. The number of carbonyl (C=O) groups excluding carboxylic acids is 1. The highest BCUT2D eigenvalue weighted by Gasteiger charge is 2.35. The maximum atomic E-state index is 14.0. The minimum atomic E-state index is -4.75. The molecule has 0 radical (unpaired) electrons. The van der Waals surface area contributed by atoms with Gasteiger partial charge >= 0.3 is 6.18 Å². The number of alkyl halides is 3. The number of hydrogen-bond donors (Lipinski definition) is 1. The largest absolute Gasteiger partial charge is 0.610 e. The predicted octanol–water partition coefficient (Wildman–Crippen LogP) is 3.93. The fourth-order valence-corrected chi connectivity index (χ4v) is 3.84. The van der Waals surface area contributed by atoms with E-state index in [0.717, 1.165) is 19.1 Å². The SMILES string of the molecule is CC(=O)c1c([S+]([O-])Cc2ccc(C(F)(F)F)o2)[nH]c2c(F)ccc(F)c2c1=O. The van der Waals surface area contributed by atoms with Crippen LogP contribution in [0.2, 0.25) is 0 Å². The van der Waals surface area contributed by atoms with Crippen LogP contribution >= 0.6 is 0 Å². The summed E-state index contributed by atoms with van der Waals surface area (Å²) in [7, 11) is 0. The van der Waals surface area contributed by atoms with E-state index in [1.807, 2.05) is 0 Å². The van der Waals surface area contributed by atoms with Crippen molar-refractivity contribution in [3.63, 3.8) is 0 Å². The fraction of sp³-hybridized carbons (Fsp3) is 0.176. The highest BCUT2D eigenvalue weighted by molar-refractivity contribution is 7.90. The summed E-state index contributed by atoms with van der Waals surface area (Å²) >= 11 is -2.29. The molecule has 1 N–H and O–H groups in total. The number of furan rings is 1. The van der Waals surface area contributed by atoms with Gasteiger partial charge in [-0.15, -0.1) is 0 Å². The van der Waals surface area contributed by atoms with Crippen LogP contribution in [0.1, 0.15) is 28.8 Å². The van der Waals surface area contributed by atoms with Crippen molar-refractivity contribution in [2.45, 2.75) is 23.9 Å². The van der Waals surface area contributed by atoms with E-state index >= 15 is 0 Å².